The van der Waals surface area contributed by atoms with Gasteiger partial charge in [-0.3, -0.25) is 4.79 Å². The number of nitrogens with two attached hydrogens (primary N) is 1. The van der Waals surface area contributed by atoms with Gasteiger partial charge in [-0.05, 0) is 38.5 Å². The molecule has 5 nitrogen and oxygen atoms in total. The average Bonchev–Trinajstić information content (AvgIpc) is 2.30. The Morgan fingerprint density at radius 3 is 2.10 bits per heavy atom. The topological polar surface area (TPSA) is 92.4 Å². The molecule has 0 bridgehead atoms. The van der Waals surface area contributed by atoms with Gasteiger partial charge in [-0.15, -0.1) is 0 Å². The summed E-state index contributed by atoms with van der Waals surface area (Å²) < 4.78 is 38.1. The van der Waals surface area contributed by atoms with Crippen LogP contribution in [0.5, 0.6) is 0 Å². The van der Waals surface area contributed by atoms with E-state index in [1.54, 1.807) is 0 Å². The highest BCUT2D eigenvalue weighted by molar-refractivity contribution is 5.92. The van der Waals surface area contributed by atoms with Crippen LogP contribution >= 0.6 is 0 Å². The van der Waals surface area contributed by atoms with Crippen LogP contribution < -0.4 is 11.1 Å². The number of carboxylic acid groups (broad SMARTS) is 1. The van der Waals surface area contributed by atoms with Crippen LogP contribution in [-0.2, 0) is 9.59 Å². The number of nitrogens with one attached hydrogen (secondary N) is 1. The summed E-state index contributed by atoms with van der Waals surface area (Å²) in [7, 11) is 0. The smallest absolute Gasteiger partial charge is 0.415 e. The van der Waals surface area contributed by atoms with Gasteiger partial charge in [0.1, 0.15) is 5.54 Å². The Morgan fingerprint density at radius 2 is 1.75 bits per heavy atom. The number of hydrogen-bond acceptors (Lipinski definition) is 3. The maximum Gasteiger partial charge on any atom is 0.415 e. The molecule has 4 N–H and O–H groups in total. The van der Waals surface area contributed by atoms with E-state index in [-0.39, 0.29) is 18.8 Å². The number of rotatable bonds is 3. The number of carbonyl (C=O) groups is 2. The van der Waals surface area contributed by atoms with Crippen molar-refractivity contribution in [2.24, 2.45) is 11.7 Å². The van der Waals surface area contributed by atoms with Gasteiger partial charge in [0, 0.05) is 0 Å². The molecule has 1 rings (SSSR count). The molecule has 0 aliphatic heterocycles. The van der Waals surface area contributed by atoms with Gasteiger partial charge in [0.05, 0.1) is 0 Å². The van der Waals surface area contributed by atoms with Crippen LogP contribution in [0.1, 0.15) is 39.5 Å². The SMILES string of the molecule is CC1CCC(NC(=O)C(C)(N)C(F)(F)F)(C(=O)O)CC1. The molecule has 1 aliphatic carbocycles. The predicted molar refractivity (Wildman–Crippen MR) is 64.8 cm³/mol. The highest BCUT2D eigenvalue weighted by atomic mass is 19.4. The zero-order valence-corrected chi connectivity index (χ0v) is 11.4. The fourth-order valence-electron chi connectivity index (χ4n) is 2.12. The number of aliphatic carboxylic acids is 1. The van der Waals surface area contributed by atoms with Crippen LogP contribution in [0.4, 0.5) is 13.2 Å². The Bertz CT molecular complexity index is 399. The van der Waals surface area contributed by atoms with Gasteiger partial charge in [-0.1, -0.05) is 6.92 Å². The van der Waals surface area contributed by atoms with Gasteiger partial charge < -0.3 is 16.2 Å². The Balaban J connectivity index is 2.93. The Hall–Kier alpha value is -1.31. The lowest BCUT2D eigenvalue weighted by molar-refractivity contribution is -0.189. The molecule has 1 saturated carbocycles. The number of halogens is 3. The molecule has 1 unspecified atom stereocenters. The second-order valence-corrected chi connectivity index (χ2v) is 5.72. The minimum atomic E-state index is -4.95. The highest BCUT2D eigenvalue weighted by Gasteiger charge is 2.56. The predicted octanol–water partition coefficient (Wildman–Crippen LogP) is 1.42. The number of carboxylic acids is 1. The Morgan fingerprint density at radius 1 is 1.30 bits per heavy atom. The molecule has 0 heterocycles. The largest absolute Gasteiger partial charge is 0.480 e. The third kappa shape index (κ3) is 3.05. The quantitative estimate of drug-likeness (QED) is 0.734. The van der Waals surface area contributed by atoms with E-state index < -0.39 is 29.1 Å². The van der Waals surface area contributed by atoms with Crippen LogP contribution in [0, 0.1) is 5.92 Å². The van der Waals surface area contributed by atoms with Crippen molar-refractivity contribution in [2.75, 3.05) is 0 Å². The monoisotopic (exact) mass is 296 g/mol. The Labute approximate surface area is 114 Å². The van der Waals surface area contributed by atoms with E-state index in [9.17, 15) is 27.9 Å². The number of alkyl halides is 3. The number of amides is 1. The molecule has 1 amide bonds. The van der Waals surface area contributed by atoms with E-state index in [1.165, 1.54) is 0 Å². The first-order valence-electron chi connectivity index (χ1n) is 6.34. The normalized spacial score (nSPS) is 30.4. The first-order chi connectivity index (χ1) is 8.92. The maximum atomic E-state index is 12.7. The van der Waals surface area contributed by atoms with E-state index in [1.807, 2.05) is 12.2 Å². The molecule has 20 heavy (non-hydrogen) atoms. The summed E-state index contributed by atoms with van der Waals surface area (Å²) in [5.74, 6) is -2.55. The summed E-state index contributed by atoms with van der Waals surface area (Å²) >= 11 is 0. The van der Waals surface area contributed by atoms with Crippen LogP contribution in [0.25, 0.3) is 0 Å². The molecular weight excluding hydrogens is 277 g/mol. The van der Waals surface area contributed by atoms with Crippen molar-refractivity contribution in [3.05, 3.63) is 0 Å². The molecular formula is C12H19F3N2O3. The second kappa shape index (κ2) is 5.23. The lowest BCUT2D eigenvalue weighted by Gasteiger charge is -2.38. The van der Waals surface area contributed by atoms with Crippen molar-refractivity contribution in [3.63, 3.8) is 0 Å². The molecule has 0 radical (unpaired) electrons. The van der Waals surface area contributed by atoms with Crippen molar-refractivity contribution in [1.29, 1.82) is 0 Å². The zero-order chi connectivity index (χ0) is 15.8. The van der Waals surface area contributed by atoms with Crippen molar-refractivity contribution < 1.29 is 27.9 Å². The standard InChI is InChI=1S/C12H19F3N2O3/c1-7-3-5-11(6-4-7,9(19)20)17-8(18)10(2,16)12(13,14)15/h7H,3-6,16H2,1-2H3,(H,17,18)(H,19,20). The molecule has 1 atom stereocenters. The molecule has 8 heteroatoms. The zero-order valence-electron chi connectivity index (χ0n) is 11.4. The van der Waals surface area contributed by atoms with E-state index >= 15 is 0 Å². The third-order valence-electron chi connectivity index (χ3n) is 3.95. The van der Waals surface area contributed by atoms with Crippen molar-refractivity contribution in [1.82, 2.24) is 5.32 Å². The van der Waals surface area contributed by atoms with Gasteiger partial charge in [0.2, 0.25) is 5.91 Å². The lowest BCUT2D eigenvalue weighted by atomic mass is 9.76. The van der Waals surface area contributed by atoms with Gasteiger partial charge in [-0.25, -0.2) is 4.79 Å². The molecule has 0 aromatic rings. The summed E-state index contributed by atoms with van der Waals surface area (Å²) in [4.78, 5) is 23.1. The van der Waals surface area contributed by atoms with Gasteiger partial charge in [-0.2, -0.15) is 13.2 Å². The molecule has 1 aliphatic rings. The second-order valence-electron chi connectivity index (χ2n) is 5.72. The van der Waals surface area contributed by atoms with Crippen LogP contribution in [0.3, 0.4) is 0 Å². The van der Waals surface area contributed by atoms with Gasteiger partial charge >= 0.3 is 12.1 Å². The summed E-state index contributed by atoms with van der Waals surface area (Å²) in [6.45, 7) is 2.46. The summed E-state index contributed by atoms with van der Waals surface area (Å²) in [6.07, 6.45) is -3.69. The van der Waals surface area contributed by atoms with Crippen molar-refractivity contribution in [3.8, 4) is 0 Å². The van der Waals surface area contributed by atoms with Crippen LogP contribution in [-0.4, -0.2) is 34.2 Å². The molecule has 0 aromatic heterocycles. The van der Waals surface area contributed by atoms with Gasteiger partial charge in [0.15, 0.2) is 5.54 Å². The van der Waals surface area contributed by atoms with Crippen molar-refractivity contribution >= 4 is 11.9 Å². The number of carbonyl (C=O) groups excluding carboxylic acids is 1. The van der Waals surface area contributed by atoms with Gasteiger partial charge in [0.25, 0.3) is 0 Å². The van der Waals surface area contributed by atoms with Crippen LogP contribution in [0.2, 0.25) is 0 Å². The summed E-state index contributed by atoms with van der Waals surface area (Å²) in [6, 6.07) is 0. The summed E-state index contributed by atoms with van der Waals surface area (Å²) in [5.41, 5.74) is 0.241. The molecule has 0 spiro atoms. The molecule has 0 aromatic carbocycles. The van der Waals surface area contributed by atoms with E-state index in [2.05, 4.69) is 0 Å². The van der Waals surface area contributed by atoms with E-state index in [0.29, 0.717) is 19.8 Å². The maximum absolute atomic E-state index is 12.7. The average molecular weight is 296 g/mol. The lowest BCUT2D eigenvalue weighted by Crippen LogP contribution is -2.67. The Kier molecular flexibility index (Phi) is 4.38. The van der Waals surface area contributed by atoms with Crippen LogP contribution in [0.15, 0.2) is 0 Å². The molecule has 1 fully saturated rings. The van der Waals surface area contributed by atoms with E-state index in [0.717, 1.165) is 0 Å². The molecule has 116 valence electrons. The minimum absolute atomic E-state index is 0.100. The first kappa shape index (κ1) is 16.7. The first-order valence-corrected chi connectivity index (χ1v) is 6.34. The summed E-state index contributed by atoms with van der Waals surface area (Å²) in [5, 5.41) is 11.3. The third-order valence-corrected chi connectivity index (χ3v) is 3.95. The van der Waals surface area contributed by atoms with Crippen molar-refractivity contribution in [2.45, 2.75) is 56.8 Å². The fourth-order valence-corrected chi connectivity index (χ4v) is 2.12. The molecule has 0 saturated heterocycles. The number of hydrogen-bond donors (Lipinski definition) is 3. The minimum Gasteiger partial charge on any atom is -0.480 e. The fraction of sp³-hybridized carbons (Fsp3) is 0.833. The van der Waals surface area contributed by atoms with E-state index in [4.69, 9.17) is 5.73 Å². The highest BCUT2D eigenvalue weighted by Crippen LogP contribution is 2.34.